The highest BCUT2D eigenvalue weighted by Crippen LogP contribution is 2.22. The number of nitrogens with zero attached hydrogens (tertiary/aromatic N) is 1. The molecule has 0 aromatic rings. The van der Waals surface area contributed by atoms with E-state index < -0.39 is 17.9 Å². The van der Waals surface area contributed by atoms with Crippen molar-refractivity contribution >= 4 is 17.9 Å². The van der Waals surface area contributed by atoms with E-state index in [0.29, 0.717) is 6.54 Å². The SMILES string of the molecule is CNC(=O)CNC(=O)N1CC(C)C(C(=O)O)C1. The number of hydrogen-bond donors (Lipinski definition) is 3. The van der Waals surface area contributed by atoms with E-state index in [1.165, 1.54) is 11.9 Å². The van der Waals surface area contributed by atoms with Crippen molar-refractivity contribution in [3.05, 3.63) is 0 Å². The number of nitrogens with one attached hydrogen (secondary N) is 2. The molecular weight excluding hydrogens is 226 g/mol. The molecule has 96 valence electrons. The number of carboxylic acids is 1. The molecule has 0 aromatic carbocycles. The maximum Gasteiger partial charge on any atom is 0.317 e. The third-order valence-electron chi connectivity index (χ3n) is 2.90. The van der Waals surface area contributed by atoms with Crippen LogP contribution in [-0.4, -0.2) is 54.6 Å². The van der Waals surface area contributed by atoms with Crippen LogP contribution in [0.25, 0.3) is 0 Å². The second-order valence-electron chi connectivity index (χ2n) is 4.16. The first kappa shape index (κ1) is 13.3. The second-order valence-corrected chi connectivity index (χ2v) is 4.16. The third kappa shape index (κ3) is 3.33. The summed E-state index contributed by atoms with van der Waals surface area (Å²) >= 11 is 0. The van der Waals surface area contributed by atoms with Gasteiger partial charge in [-0.2, -0.15) is 0 Å². The van der Waals surface area contributed by atoms with Crippen molar-refractivity contribution in [3.8, 4) is 0 Å². The van der Waals surface area contributed by atoms with E-state index in [9.17, 15) is 14.4 Å². The fourth-order valence-electron chi connectivity index (χ4n) is 1.81. The molecule has 0 aromatic heterocycles. The smallest absolute Gasteiger partial charge is 0.317 e. The van der Waals surface area contributed by atoms with Crippen LogP contribution in [0.5, 0.6) is 0 Å². The first-order chi connectivity index (χ1) is 7.95. The molecule has 1 saturated heterocycles. The lowest BCUT2D eigenvalue weighted by Crippen LogP contribution is -2.43. The minimum atomic E-state index is -0.890. The van der Waals surface area contributed by atoms with Crippen molar-refractivity contribution in [1.82, 2.24) is 15.5 Å². The standard InChI is InChI=1S/C10H17N3O4/c1-6-4-13(5-7(6)9(15)16)10(17)12-3-8(14)11-2/h6-7H,3-5H2,1-2H3,(H,11,14)(H,12,17)(H,15,16). The van der Waals surface area contributed by atoms with E-state index >= 15 is 0 Å². The molecule has 0 radical (unpaired) electrons. The lowest BCUT2D eigenvalue weighted by atomic mass is 9.99. The maximum absolute atomic E-state index is 11.6. The summed E-state index contributed by atoms with van der Waals surface area (Å²) < 4.78 is 0. The van der Waals surface area contributed by atoms with Gasteiger partial charge in [-0.1, -0.05) is 6.92 Å². The molecule has 17 heavy (non-hydrogen) atoms. The fraction of sp³-hybridized carbons (Fsp3) is 0.700. The van der Waals surface area contributed by atoms with Crippen LogP contribution in [0.3, 0.4) is 0 Å². The molecule has 0 aliphatic carbocycles. The molecule has 0 spiro atoms. The number of likely N-dealkylation sites (N-methyl/N-ethyl adjacent to an activating group) is 1. The van der Waals surface area contributed by atoms with Crippen molar-refractivity contribution in [3.63, 3.8) is 0 Å². The summed E-state index contributed by atoms with van der Waals surface area (Å²) in [5.74, 6) is -1.78. The summed E-state index contributed by atoms with van der Waals surface area (Å²) in [4.78, 5) is 34.8. The maximum atomic E-state index is 11.6. The van der Waals surface area contributed by atoms with Gasteiger partial charge in [0, 0.05) is 20.1 Å². The molecule has 1 fully saturated rings. The van der Waals surface area contributed by atoms with Gasteiger partial charge >= 0.3 is 12.0 Å². The van der Waals surface area contributed by atoms with Gasteiger partial charge in [0.1, 0.15) is 0 Å². The zero-order chi connectivity index (χ0) is 13.0. The topological polar surface area (TPSA) is 98.7 Å². The Morgan fingerprint density at radius 3 is 2.47 bits per heavy atom. The zero-order valence-corrected chi connectivity index (χ0v) is 9.90. The second kappa shape index (κ2) is 5.51. The van der Waals surface area contributed by atoms with Gasteiger partial charge in [0.05, 0.1) is 12.5 Å². The minimum Gasteiger partial charge on any atom is -0.481 e. The molecule has 0 bridgehead atoms. The van der Waals surface area contributed by atoms with Crippen LogP contribution in [-0.2, 0) is 9.59 Å². The monoisotopic (exact) mass is 243 g/mol. The Hall–Kier alpha value is -1.79. The van der Waals surface area contributed by atoms with Gasteiger partial charge in [-0.05, 0) is 5.92 Å². The summed E-state index contributed by atoms with van der Waals surface area (Å²) in [5.41, 5.74) is 0. The molecule has 3 amide bonds. The molecule has 7 nitrogen and oxygen atoms in total. The van der Waals surface area contributed by atoms with Gasteiger partial charge in [0.25, 0.3) is 0 Å². The van der Waals surface area contributed by atoms with E-state index in [-0.39, 0.29) is 24.9 Å². The predicted molar refractivity (Wildman–Crippen MR) is 59.3 cm³/mol. The number of carbonyl (C=O) groups excluding carboxylic acids is 2. The molecule has 2 unspecified atom stereocenters. The highest BCUT2D eigenvalue weighted by atomic mass is 16.4. The summed E-state index contributed by atoms with van der Waals surface area (Å²) in [6, 6.07) is -0.399. The molecule has 1 aliphatic rings. The van der Waals surface area contributed by atoms with E-state index in [1.54, 1.807) is 6.92 Å². The van der Waals surface area contributed by atoms with Gasteiger partial charge in [-0.25, -0.2) is 4.79 Å². The Morgan fingerprint density at radius 2 is 2.00 bits per heavy atom. The number of aliphatic carboxylic acids is 1. The van der Waals surface area contributed by atoms with Crippen molar-refractivity contribution in [2.75, 3.05) is 26.7 Å². The molecular formula is C10H17N3O4. The quantitative estimate of drug-likeness (QED) is 0.598. The number of rotatable bonds is 3. The Bertz CT molecular complexity index is 332. The van der Waals surface area contributed by atoms with Gasteiger partial charge in [0.2, 0.25) is 5.91 Å². The first-order valence-electron chi connectivity index (χ1n) is 5.42. The summed E-state index contributed by atoms with van der Waals surface area (Å²) in [6.07, 6.45) is 0. The highest BCUT2D eigenvalue weighted by molar-refractivity contribution is 5.84. The number of carboxylic acid groups (broad SMARTS) is 1. The molecule has 2 atom stereocenters. The minimum absolute atomic E-state index is 0.0711. The van der Waals surface area contributed by atoms with E-state index in [0.717, 1.165) is 0 Å². The van der Waals surface area contributed by atoms with Crippen LogP contribution in [0.4, 0.5) is 4.79 Å². The average molecular weight is 243 g/mol. The molecule has 1 rings (SSSR count). The molecule has 3 N–H and O–H groups in total. The molecule has 1 heterocycles. The van der Waals surface area contributed by atoms with Crippen LogP contribution < -0.4 is 10.6 Å². The Morgan fingerprint density at radius 1 is 1.35 bits per heavy atom. The van der Waals surface area contributed by atoms with E-state index in [1.807, 2.05) is 0 Å². The van der Waals surface area contributed by atoms with Crippen LogP contribution >= 0.6 is 0 Å². The van der Waals surface area contributed by atoms with Crippen LogP contribution in [0.2, 0.25) is 0 Å². The van der Waals surface area contributed by atoms with Gasteiger partial charge in [-0.3, -0.25) is 9.59 Å². The normalized spacial score (nSPS) is 23.3. The largest absolute Gasteiger partial charge is 0.481 e. The average Bonchev–Trinajstić information content (AvgIpc) is 2.67. The number of urea groups is 1. The number of amides is 3. The van der Waals surface area contributed by atoms with Gasteiger partial charge in [-0.15, -0.1) is 0 Å². The van der Waals surface area contributed by atoms with Gasteiger partial charge in [0.15, 0.2) is 0 Å². The summed E-state index contributed by atoms with van der Waals surface area (Å²) in [5, 5.41) is 13.7. The van der Waals surface area contributed by atoms with E-state index in [4.69, 9.17) is 5.11 Å². The van der Waals surface area contributed by atoms with Gasteiger partial charge < -0.3 is 20.6 Å². The number of likely N-dealkylation sites (tertiary alicyclic amines) is 1. The lowest BCUT2D eigenvalue weighted by molar-refractivity contribution is -0.142. The lowest BCUT2D eigenvalue weighted by Gasteiger charge is -2.16. The Balaban J connectivity index is 2.45. The molecule has 0 saturated carbocycles. The van der Waals surface area contributed by atoms with Crippen molar-refractivity contribution in [2.24, 2.45) is 11.8 Å². The van der Waals surface area contributed by atoms with Crippen LogP contribution in [0.1, 0.15) is 6.92 Å². The van der Waals surface area contributed by atoms with Crippen molar-refractivity contribution in [2.45, 2.75) is 6.92 Å². The fourth-order valence-corrected chi connectivity index (χ4v) is 1.81. The van der Waals surface area contributed by atoms with E-state index in [2.05, 4.69) is 10.6 Å². The van der Waals surface area contributed by atoms with Crippen molar-refractivity contribution < 1.29 is 19.5 Å². The van der Waals surface area contributed by atoms with Crippen LogP contribution in [0, 0.1) is 11.8 Å². The molecule has 1 aliphatic heterocycles. The number of carbonyl (C=O) groups is 3. The molecule has 7 heteroatoms. The number of hydrogen-bond acceptors (Lipinski definition) is 3. The van der Waals surface area contributed by atoms with Crippen molar-refractivity contribution in [1.29, 1.82) is 0 Å². The first-order valence-corrected chi connectivity index (χ1v) is 5.42. The third-order valence-corrected chi connectivity index (χ3v) is 2.90. The van der Waals surface area contributed by atoms with Crippen LogP contribution in [0.15, 0.2) is 0 Å². The highest BCUT2D eigenvalue weighted by Gasteiger charge is 2.36. The summed E-state index contributed by atoms with van der Waals surface area (Å²) in [6.45, 7) is 2.29. The predicted octanol–water partition coefficient (Wildman–Crippen LogP) is -0.905. The Labute approximate surface area is 99.2 Å². The summed E-state index contributed by atoms with van der Waals surface area (Å²) in [7, 11) is 1.48. The zero-order valence-electron chi connectivity index (χ0n) is 9.90. The Kier molecular flexibility index (Phi) is 4.30.